The van der Waals surface area contributed by atoms with Gasteiger partial charge in [-0.05, 0) is 25.0 Å². The second-order valence-corrected chi connectivity index (χ2v) is 7.56. The zero-order valence-corrected chi connectivity index (χ0v) is 12.6. The van der Waals surface area contributed by atoms with E-state index in [1.54, 1.807) is 18.2 Å². The summed E-state index contributed by atoms with van der Waals surface area (Å²) < 4.78 is 22.9. The maximum absolute atomic E-state index is 12.0. The average Bonchev–Trinajstić information content (AvgIpc) is 2.47. The number of fused-ring (bicyclic) bond motifs is 1. The molecule has 0 spiro atoms. The van der Waals surface area contributed by atoms with Gasteiger partial charge < -0.3 is 24.6 Å². The Bertz CT molecular complexity index is 564. The summed E-state index contributed by atoms with van der Waals surface area (Å²) in [6.07, 6.45) is 3.62. The van der Waals surface area contributed by atoms with Gasteiger partial charge in [0.2, 0.25) is 0 Å². The van der Waals surface area contributed by atoms with Gasteiger partial charge in [-0.25, -0.2) is 0 Å². The molecule has 21 heavy (non-hydrogen) atoms. The third-order valence-electron chi connectivity index (χ3n) is 4.16. The number of rotatable bonds is 3. The molecule has 3 N–H and O–H groups in total. The van der Waals surface area contributed by atoms with E-state index in [0.29, 0.717) is 43.2 Å². The largest absolute Gasteiger partial charge is 0.486 e. The number of hydrogen-bond donors (Lipinski definition) is 3. The lowest BCUT2D eigenvalue weighted by atomic mass is 9.94. The van der Waals surface area contributed by atoms with Crippen molar-refractivity contribution in [3.05, 3.63) is 18.2 Å². The van der Waals surface area contributed by atoms with Crippen molar-refractivity contribution in [1.29, 1.82) is 0 Å². The van der Waals surface area contributed by atoms with Crippen LogP contribution in [-0.2, 0) is 4.57 Å². The van der Waals surface area contributed by atoms with E-state index in [4.69, 9.17) is 9.47 Å². The van der Waals surface area contributed by atoms with Crippen LogP contribution in [0.1, 0.15) is 32.1 Å². The predicted octanol–water partition coefficient (Wildman–Crippen LogP) is 2.71. The first-order valence-electron chi connectivity index (χ1n) is 7.24. The third kappa shape index (κ3) is 2.89. The molecular weight excluding hydrogens is 293 g/mol. The first-order chi connectivity index (χ1) is 10.0. The molecule has 2 aliphatic rings. The molecule has 0 aromatic heterocycles. The highest BCUT2D eigenvalue weighted by Crippen LogP contribution is 2.57. The van der Waals surface area contributed by atoms with Crippen molar-refractivity contribution in [2.24, 2.45) is 0 Å². The summed E-state index contributed by atoms with van der Waals surface area (Å²) in [7, 11) is -4.25. The van der Waals surface area contributed by atoms with Crippen molar-refractivity contribution in [2.75, 3.05) is 18.5 Å². The Labute approximate surface area is 123 Å². The minimum Gasteiger partial charge on any atom is -0.486 e. The van der Waals surface area contributed by atoms with Crippen molar-refractivity contribution in [3.63, 3.8) is 0 Å². The van der Waals surface area contributed by atoms with Gasteiger partial charge in [-0.15, -0.1) is 0 Å². The molecule has 3 rings (SSSR count). The number of benzene rings is 1. The van der Waals surface area contributed by atoms with E-state index in [0.717, 1.165) is 19.3 Å². The summed E-state index contributed by atoms with van der Waals surface area (Å²) in [4.78, 5) is 19.6. The standard InChI is InChI=1S/C14H20NO5P/c16-21(17,18)14(6-2-1-3-7-14)15-11-4-5-12-13(10-11)20-9-8-19-12/h4-5,10,15H,1-3,6-9H2,(H2,16,17,18). The maximum Gasteiger partial charge on any atom is 0.350 e. The molecular formula is C14H20NO5P. The van der Waals surface area contributed by atoms with E-state index in [2.05, 4.69) is 5.32 Å². The van der Waals surface area contributed by atoms with Crippen LogP contribution in [0.2, 0.25) is 0 Å². The van der Waals surface area contributed by atoms with Crippen LogP contribution >= 0.6 is 7.60 Å². The molecule has 0 atom stereocenters. The Kier molecular flexibility index (Phi) is 3.86. The van der Waals surface area contributed by atoms with E-state index < -0.39 is 12.9 Å². The van der Waals surface area contributed by atoms with Crippen molar-refractivity contribution < 1.29 is 23.8 Å². The summed E-state index contributed by atoms with van der Waals surface area (Å²) in [5.74, 6) is 1.28. The van der Waals surface area contributed by atoms with Gasteiger partial charge in [0.15, 0.2) is 11.5 Å². The maximum atomic E-state index is 12.0. The minimum absolute atomic E-state index is 0.478. The normalized spacial score (nSPS) is 20.9. The molecule has 0 saturated heterocycles. The molecule has 0 bridgehead atoms. The van der Waals surface area contributed by atoms with Gasteiger partial charge in [0, 0.05) is 11.8 Å². The molecule has 1 saturated carbocycles. The number of hydrogen-bond acceptors (Lipinski definition) is 4. The SMILES string of the molecule is O=P(O)(O)C1(Nc2ccc3c(c2)OCCO3)CCCCC1. The lowest BCUT2D eigenvalue weighted by Crippen LogP contribution is -2.40. The topological polar surface area (TPSA) is 88.0 Å². The molecule has 1 fully saturated rings. The van der Waals surface area contributed by atoms with Crippen LogP contribution in [0.25, 0.3) is 0 Å². The highest BCUT2D eigenvalue weighted by atomic mass is 31.2. The fourth-order valence-electron chi connectivity index (χ4n) is 3.02. The quantitative estimate of drug-likeness (QED) is 0.744. The first-order valence-corrected chi connectivity index (χ1v) is 8.85. The van der Waals surface area contributed by atoms with E-state index in [1.807, 2.05) is 0 Å². The van der Waals surface area contributed by atoms with Crippen LogP contribution in [-0.4, -0.2) is 28.3 Å². The summed E-state index contributed by atoms with van der Waals surface area (Å²) in [6.45, 7) is 1.01. The zero-order valence-electron chi connectivity index (χ0n) is 11.7. The second-order valence-electron chi connectivity index (χ2n) is 5.62. The summed E-state index contributed by atoms with van der Waals surface area (Å²) in [5.41, 5.74) is 0.657. The van der Waals surface area contributed by atoms with Gasteiger partial charge in [0.05, 0.1) is 0 Å². The number of ether oxygens (including phenoxy) is 2. The van der Waals surface area contributed by atoms with E-state index in [9.17, 15) is 14.4 Å². The van der Waals surface area contributed by atoms with Crippen LogP contribution in [0.5, 0.6) is 11.5 Å². The van der Waals surface area contributed by atoms with E-state index in [-0.39, 0.29) is 0 Å². The molecule has 1 aromatic rings. The first kappa shape index (κ1) is 14.7. The zero-order chi connectivity index (χ0) is 14.9. The Morgan fingerprint density at radius 3 is 2.38 bits per heavy atom. The van der Waals surface area contributed by atoms with Crippen molar-refractivity contribution in [1.82, 2.24) is 0 Å². The number of anilines is 1. The lowest BCUT2D eigenvalue weighted by molar-refractivity contribution is 0.171. The molecule has 0 amide bonds. The molecule has 1 aromatic carbocycles. The van der Waals surface area contributed by atoms with Gasteiger partial charge >= 0.3 is 7.60 Å². The van der Waals surface area contributed by atoms with Crippen LogP contribution < -0.4 is 14.8 Å². The third-order valence-corrected chi connectivity index (χ3v) is 5.83. The molecule has 7 heteroatoms. The highest BCUT2D eigenvalue weighted by molar-refractivity contribution is 7.53. The van der Waals surface area contributed by atoms with Crippen molar-refractivity contribution in [3.8, 4) is 11.5 Å². The Morgan fingerprint density at radius 2 is 1.71 bits per heavy atom. The summed E-state index contributed by atoms with van der Waals surface area (Å²) in [5, 5.41) is 1.93. The van der Waals surface area contributed by atoms with Gasteiger partial charge in [-0.3, -0.25) is 4.57 Å². The van der Waals surface area contributed by atoms with Crippen LogP contribution in [0.15, 0.2) is 18.2 Å². The van der Waals surface area contributed by atoms with Crippen molar-refractivity contribution >= 4 is 13.3 Å². The summed E-state index contributed by atoms with van der Waals surface area (Å²) in [6, 6.07) is 5.30. The smallest absolute Gasteiger partial charge is 0.350 e. The fraction of sp³-hybridized carbons (Fsp3) is 0.571. The summed E-state index contributed by atoms with van der Waals surface area (Å²) >= 11 is 0. The molecule has 116 valence electrons. The monoisotopic (exact) mass is 313 g/mol. The lowest BCUT2D eigenvalue weighted by Gasteiger charge is -2.39. The number of nitrogens with one attached hydrogen (secondary N) is 1. The molecule has 6 nitrogen and oxygen atoms in total. The average molecular weight is 313 g/mol. The molecule has 1 aliphatic heterocycles. The van der Waals surface area contributed by atoms with E-state index >= 15 is 0 Å². The van der Waals surface area contributed by atoms with Crippen molar-refractivity contribution in [2.45, 2.75) is 37.4 Å². The Hall–Kier alpha value is -1.23. The van der Waals surface area contributed by atoms with Crippen LogP contribution in [0.3, 0.4) is 0 Å². The molecule has 1 heterocycles. The minimum atomic E-state index is -4.25. The second kappa shape index (κ2) is 5.52. The van der Waals surface area contributed by atoms with Gasteiger partial charge in [0.1, 0.15) is 18.5 Å². The van der Waals surface area contributed by atoms with Crippen LogP contribution in [0, 0.1) is 0 Å². The predicted molar refractivity (Wildman–Crippen MR) is 78.9 cm³/mol. The molecule has 1 aliphatic carbocycles. The molecule has 0 radical (unpaired) electrons. The van der Waals surface area contributed by atoms with E-state index in [1.165, 1.54) is 0 Å². The van der Waals surface area contributed by atoms with Crippen LogP contribution in [0.4, 0.5) is 5.69 Å². The highest BCUT2D eigenvalue weighted by Gasteiger charge is 2.47. The van der Waals surface area contributed by atoms with Gasteiger partial charge in [-0.2, -0.15) is 0 Å². The van der Waals surface area contributed by atoms with Gasteiger partial charge in [0.25, 0.3) is 0 Å². The van der Waals surface area contributed by atoms with Gasteiger partial charge in [-0.1, -0.05) is 19.3 Å². The Balaban J connectivity index is 1.87. The fourth-order valence-corrected chi connectivity index (χ4v) is 4.19. The Morgan fingerprint density at radius 1 is 1.05 bits per heavy atom. The molecule has 0 unspecified atom stereocenters.